The monoisotopic (exact) mass is 448 g/mol. The topological polar surface area (TPSA) is 82.0 Å². The molecule has 0 aliphatic carbocycles. The maximum Gasteiger partial charge on any atom is 0.573 e. The number of halogens is 3. The van der Waals surface area contributed by atoms with Crippen LogP contribution in [0.4, 0.5) is 24.7 Å². The number of imidazole rings is 1. The van der Waals surface area contributed by atoms with Gasteiger partial charge in [-0.15, -0.1) is 13.2 Å². The maximum atomic E-state index is 12.4. The zero-order valence-corrected chi connectivity index (χ0v) is 17.3. The Morgan fingerprint density at radius 2 is 1.59 bits per heavy atom. The van der Waals surface area contributed by atoms with E-state index in [4.69, 9.17) is 14.2 Å². The van der Waals surface area contributed by atoms with Gasteiger partial charge in [-0.1, -0.05) is 0 Å². The Labute approximate surface area is 180 Å². The molecule has 2 N–H and O–H groups in total. The van der Waals surface area contributed by atoms with Crippen molar-refractivity contribution in [2.75, 3.05) is 26.6 Å². The van der Waals surface area contributed by atoms with Gasteiger partial charge in [0.2, 0.25) is 5.75 Å². The summed E-state index contributed by atoms with van der Waals surface area (Å²) >= 11 is 0. The number of aromatic nitrogens is 3. The van der Waals surface area contributed by atoms with Crippen LogP contribution in [-0.4, -0.2) is 42.3 Å². The minimum absolute atomic E-state index is 0.314. The van der Waals surface area contributed by atoms with E-state index in [1.807, 2.05) is 0 Å². The number of methoxy groups -OCH3 is 3. The number of hydrogen-bond donors (Lipinski definition) is 2. The van der Waals surface area contributed by atoms with Gasteiger partial charge in [-0.25, -0.2) is 9.50 Å². The second kappa shape index (κ2) is 8.25. The lowest BCUT2D eigenvalue weighted by atomic mass is 10.1. The third-order valence-electron chi connectivity index (χ3n) is 4.63. The van der Waals surface area contributed by atoms with E-state index < -0.39 is 6.36 Å². The second-order valence-corrected chi connectivity index (χ2v) is 6.58. The van der Waals surface area contributed by atoms with Gasteiger partial charge in [0.25, 0.3) is 0 Å². The summed E-state index contributed by atoms with van der Waals surface area (Å²) in [5.41, 5.74) is 2.40. The smallest absolute Gasteiger partial charge is 0.493 e. The van der Waals surface area contributed by atoms with Crippen molar-refractivity contribution in [2.45, 2.75) is 6.36 Å². The first-order valence-electron chi connectivity index (χ1n) is 9.32. The Balaban J connectivity index is 1.75. The molecule has 2 aromatic carbocycles. The quantitative estimate of drug-likeness (QED) is 0.414. The molecule has 0 saturated heterocycles. The molecular weight excluding hydrogens is 429 g/mol. The van der Waals surface area contributed by atoms with E-state index in [0.29, 0.717) is 45.7 Å². The van der Waals surface area contributed by atoms with Crippen molar-refractivity contribution in [3.8, 4) is 34.3 Å². The van der Waals surface area contributed by atoms with Gasteiger partial charge in [0, 0.05) is 23.5 Å². The number of rotatable bonds is 7. The fourth-order valence-corrected chi connectivity index (χ4v) is 3.28. The highest BCUT2D eigenvalue weighted by molar-refractivity contribution is 5.81. The van der Waals surface area contributed by atoms with Gasteiger partial charge in [-0.3, -0.25) is 5.10 Å². The SMILES string of the molecule is COc1cc(-c2nc3cc[nH]n3c2Nc2ccc(OC(F)(F)F)cc2)cc(OC)c1OC. The third-order valence-corrected chi connectivity index (χ3v) is 4.63. The van der Waals surface area contributed by atoms with Crippen LogP contribution < -0.4 is 24.3 Å². The van der Waals surface area contributed by atoms with Crippen molar-refractivity contribution in [1.82, 2.24) is 14.6 Å². The molecule has 0 bridgehead atoms. The molecule has 2 heterocycles. The number of anilines is 2. The average molecular weight is 448 g/mol. The molecule has 0 atom stereocenters. The number of hydrogen-bond acceptors (Lipinski definition) is 6. The number of nitrogens with zero attached hydrogens (tertiary/aromatic N) is 2. The predicted octanol–water partition coefficient (Wildman–Crippen LogP) is 5.00. The van der Waals surface area contributed by atoms with E-state index in [-0.39, 0.29) is 5.75 Å². The fourth-order valence-electron chi connectivity index (χ4n) is 3.28. The second-order valence-electron chi connectivity index (χ2n) is 6.58. The molecule has 32 heavy (non-hydrogen) atoms. The van der Waals surface area contributed by atoms with Crippen LogP contribution in [0, 0.1) is 0 Å². The molecular formula is C21H19F3N4O4. The van der Waals surface area contributed by atoms with E-state index in [1.165, 1.54) is 45.6 Å². The summed E-state index contributed by atoms with van der Waals surface area (Å²) in [4.78, 5) is 4.66. The van der Waals surface area contributed by atoms with Gasteiger partial charge in [0.15, 0.2) is 23.0 Å². The molecule has 0 aliphatic heterocycles. The molecule has 0 spiro atoms. The first kappa shape index (κ1) is 21.2. The van der Waals surface area contributed by atoms with Gasteiger partial charge in [-0.05, 0) is 36.4 Å². The van der Waals surface area contributed by atoms with Crippen molar-refractivity contribution in [3.05, 3.63) is 48.7 Å². The van der Waals surface area contributed by atoms with Crippen molar-refractivity contribution in [1.29, 1.82) is 0 Å². The summed E-state index contributed by atoms with van der Waals surface area (Å²) in [6.07, 6.45) is -3.04. The van der Waals surface area contributed by atoms with Crippen LogP contribution in [0.2, 0.25) is 0 Å². The average Bonchev–Trinajstić information content (AvgIpc) is 3.35. The van der Waals surface area contributed by atoms with Crippen LogP contribution in [0.15, 0.2) is 48.7 Å². The van der Waals surface area contributed by atoms with Gasteiger partial charge >= 0.3 is 6.36 Å². The standard InChI is InChI=1S/C21H19F3N4O4/c1-29-15-10-12(11-16(30-2)19(15)31-3)18-20(28-17(27-18)8-9-25-28)26-13-4-6-14(7-5-13)32-21(22,23)24/h4-11,25-26H,1-3H3. The van der Waals surface area contributed by atoms with Crippen molar-refractivity contribution >= 4 is 17.2 Å². The minimum atomic E-state index is -4.75. The van der Waals surface area contributed by atoms with E-state index in [9.17, 15) is 13.2 Å². The molecule has 2 aromatic heterocycles. The molecule has 8 nitrogen and oxygen atoms in total. The zero-order valence-electron chi connectivity index (χ0n) is 17.3. The lowest BCUT2D eigenvalue weighted by Crippen LogP contribution is -2.17. The Kier molecular flexibility index (Phi) is 5.47. The first-order valence-corrected chi connectivity index (χ1v) is 9.32. The summed E-state index contributed by atoms with van der Waals surface area (Å²) in [5, 5.41) is 6.25. The molecule has 0 fully saturated rings. The number of nitrogens with one attached hydrogen (secondary N) is 2. The predicted molar refractivity (Wildman–Crippen MR) is 111 cm³/mol. The molecule has 0 amide bonds. The van der Waals surface area contributed by atoms with Gasteiger partial charge < -0.3 is 24.3 Å². The normalized spacial score (nSPS) is 11.4. The number of benzene rings is 2. The molecule has 0 radical (unpaired) electrons. The van der Waals surface area contributed by atoms with Crippen molar-refractivity contribution in [2.24, 2.45) is 0 Å². The Morgan fingerprint density at radius 1 is 0.938 bits per heavy atom. The summed E-state index contributed by atoms with van der Waals surface area (Å²) in [6.45, 7) is 0. The van der Waals surface area contributed by atoms with Gasteiger partial charge in [-0.2, -0.15) is 0 Å². The van der Waals surface area contributed by atoms with Gasteiger partial charge in [0.1, 0.15) is 11.4 Å². The van der Waals surface area contributed by atoms with Crippen LogP contribution in [0.25, 0.3) is 16.9 Å². The maximum absolute atomic E-state index is 12.4. The van der Waals surface area contributed by atoms with Crippen LogP contribution >= 0.6 is 0 Å². The lowest BCUT2D eigenvalue weighted by molar-refractivity contribution is -0.274. The summed E-state index contributed by atoms with van der Waals surface area (Å²) in [5.74, 6) is 1.60. The van der Waals surface area contributed by atoms with E-state index in [0.717, 1.165) is 0 Å². The Morgan fingerprint density at radius 3 is 2.16 bits per heavy atom. The number of alkyl halides is 3. The molecule has 168 valence electrons. The number of H-pyrrole nitrogens is 1. The first-order chi connectivity index (χ1) is 15.3. The Bertz CT molecular complexity index is 1210. The largest absolute Gasteiger partial charge is 0.573 e. The zero-order chi connectivity index (χ0) is 22.9. The lowest BCUT2D eigenvalue weighted by Gasteiger charge is -2.14. The molecule has 0 saturated carbocycles. The summed E-state index contributed by atoms with van der Waals surface area (Å²) < 4.78 is 59.1. The molecule has 4 aromatic rings. The summed E-state index contributed by atoms with van der Waals surface area (Å²) in [7, 11) is 4.55. The van der Waals surface area contributed by atoms with Crippen molar-refractivity contribution in [3.63, 3.8) is 0 Å². The number of aromatic amines is 1. The highest BCUT2D eigenvalue weighted by Crippen LogP contribution is 2.43. The van der Waals surface area contributed by atoms with Crippen LogP contribution in [0.3, 0.4) is 0 Å². The van der Waals surface area contributed by atoms with E-state index in [2.05, 4.69) is 20.1 Å². The van der Waals surface area contributed by atoms with Gasteiger partial charge in [0.05, 0.1) is 21.3 Å². The number of ether oxygens (including phenoxy) is 4. The van der Waals surface area contributed by atoms with E-state index in [1.54, 1.807) is 28.9 Å². The summed E-state index contributed by atoms with van der Waals surface area (Å²) in [6, 6.07) is 10.7. The molecule has 0 unspecified atom stereocenters. The molecule has 0 aliphatic rings. The third kappa shape index (κ3) is 4.09. The highest BCUT2D eigenvalue weighted by Gasteiger charge is 2.31. The highest BCUT2D eigenvalue weighted by atomic mass is 19.4. The van der Waals surface area contributed by atoms with Crippen LogP contribution in [-0.2, 0) is 0 Å². The fraction of sp³-hybridized carbons (Fsp3) is 0.190. The number of fused-ring (bicyclic) bond motifs is 1. The minimum Gasteiger partial charge on any atom is -0.493 e. The van der Waals surface area contributed by atoms with E-state index >= 15 is 0 Å². The molecule has 11 heteroatoms. The van der Waals surface area contributed by atoms with Crippen molar-refractivity contribution < 1.29 is 32.1 Å². The Hall–Kier alpha value is -4.02. The molecule has 4 rings (SSSR count). The van der Waals surface area contributed by atoms with Crippen LogP contribution in [0.5, 0.6) is 23.0 Å². The van der Waals surface area contributed by atoms with Crippen LogP contribution in [0.1, 0.15) is 0 Å².